The molecule has 104 valence electrons. The SMILES string of the molecule is CN(c1ccccc1)c1ncc(F)cc1CNC1CC1. The van der Waals surface area contributed by atoms with Gasteiger partial charge >= 0.3 is 0 Å². The maximum atomic E-state index is 13.4. The first-order chi connectivity index (χ1) is 9.74. The van der Waals surface area contributed by atoms with Crippen molar-refractivity contribution in [1.29, 1.82) is 0 Å². The fourth-order valence-corrected chi connectivity index (χ4v) is 2.22. The van der Waals surface area contributed by atoms with Crippen molar-refractivity contribution in [2.45, 2.75) is 25.4 Å². The van der Waals surface area contributed by atoms with Gasteiger partial charge in [-0.1, -0.05) is 18.2 Å². The van der Waals surface area contributed by atoms with E-state index in [4.69, 9.17) is 0 Å². The second-order valence-corrected chi connectivity index (χ2v) is 5.19. The van der Waals surface area contributed by atoms with E-state index in [1.165, 1.54) is 19.0 Å². The summed E-state index contributed by atoms with van der Waals surface area (Å²) in [5.74, 6) is 0.508. The van der Waals surface area contributed by atoms with Gasteiger partial charge in [-0.2, -0.15) is 0 Å². The maximum absolute atomic E-state index is 13.4. The molecular formula is C16H18FN3. The molecule has 1 aromatic heterocycles. The van der Waals surface area contributed by atoms with Crippen LogP contribution in [0.4, 0.5) is 15.9 Å². The van der Waals surface area contributed by atoms with E-state index in [1.807, 2.05) is 42.3 Å². The number of hydrogen-bond acceptors (Lipinski definition) is 3. The fraction of sp³-hybridized carbons (Fsp3) is 0.312. The molecule has 0 atom stereocenters. The van der Waals surface area contributed by atoms with Gasteiger partial charge in [0.05, 0.1) is 6.20 Å². The topological polar surface area (TPSA) is 28.2 Å². The summed E-state index contributed by atoms with van der Waals surface area (Å²) in [7, 11) is 1.95. The minimum absolute atomic E-state index is 0.289. The Hall–Kier alpha value is -1.94. The van der Waals surface area contributed by atoms with Crippen molar-refractivity contribution in [3.63, 3.8) is 0 Å². The number of para-hydroxylation sites is 1. The minimum Gasteiger partial charge on any atom is -0.329 e. The zero-order valence-electron chi connectivity index (χ0n) is 11.5. The number of nitrogens with one attached hydrogen (secondary N) is 1. The monoisotopic (exact) mass is 271 g/mol. The number of pyridine rings is 1. The van der Waals surface area contributed by atoms with Crippen molar-refractivity contribution < 1.29 is 4.39 Å². The van der Waals surface area contributed by atoms with Crippen LogP contribution < -0.4 is 10.2 Å². The van der Waals surface area contributed by atoms with Crippen molar-refractivity contribution in [2.24, 2.45) is 0 Å². The predicted molar refractivity (Wildman–Crippen MR) is 78.6 cm³/mol. The minimum atomic E-state index is -0.289. The normalized spacial score (nSPS) is 14.3. The molecule has 1 aliphatic rings. The van der Waals surface area contributed by atoms with Crippen LogP contribution in [-0.4, -0.2) is 18.1 Å². The highest BCUT2D eigenvalue weighted by Gasteiger charge is 2.21. The van der Waals surface area contributed by atoms with Gasteiger partial charge in [-0.05, 0) is 31.0 Å². The zero-order chi connectivity index (χ0) is 13.9. The fourth-order valence-electron chi connectivity index (χ4n) is 2.22. The molecule has 20 heavy (non-hydrogen) atoms. The van der Waals surface area contributed by atoms with Gasteiger partial charge in [-0.3, -0.25) is 0 Å². The molecule has 1 heterocycles. The van der Waals surface area contributed by atoms with Crippen LogP contribution in [0.5, 0.6) is 0 Å². The third kappa shape index (κ3) is 2.96. The second kappa shape index (κ2) is 5.59. The van der Waals surface area contributed by atoms with Crippen LogP contribution in [0.25, 0.3) is 0 Å². The molecule has 3 nitrogen and oxygen atoms in total. The van der Waals surface area contributed by atoms with E-state index in [1.54, 1.807) is 6.07 Å². The molecule has 2 aromatic rings. The highest BCUT2D eigenvalue weighted by atomic mass is 19.1. The molecule has 1 aliphatic carbocycles. The Labute approximate surface area is 118 Å². The van der Waals surface area contributed by atoms with Crippen LogP contribution in [0.1, 0.15) is 18.4 Å². The van der Waals surface area contributed by atoms with Crippen molar-refractivity contribution in [3.05, 3.63) is 54.0 Å². The third-order valence-corrected chi connectivity index (χ3v) is 3.53. The Bertz CT molecular complexity index is 582. The largest absolute Gasteiger partial charge is 0.329 e. The van der Waals surface area contributed by atoms with Crippen molar-refractivity contribution >= 4 is 11.5 Å². The van der Waals surface area contributed by atoms with E-state index >= 15 is 0 Å². The lowest BCUT2D eigenvalue weighted by molar-refractivity contribution is 0.612. The molecule has 0 unspecified atom stereocenters. The second-order valence-electron chi connectivity index (χ2n) is 5.19. The lowest BCUT2D eigenvalue weighted by atomic mass is 10.2. The van der Waals surface area contributed by atoms with E-state index in [2.05, 4.69) is 10.3 Å². The van der Waals surface area contributed by atoms with Gasteiger partial charge in [0.25, 0.3) is 0 Å². The molecule has 1 fully saturated rings. The first-order valence-electron chi connectivity index (χ1n) is 6.90. The number of halogens is 1. The van der Waals surface area contributed by atoms with E-state index in [-0.39, 0.29) is 5.82 Å². The summed E-state index contributed by atoms with van der Waals surface area (Å²) in [5.41, 5.74) is 1.93. The Morgan fingerprint density at radius 1 is 1.30 bits per heavy atom. The number of hydrogen-bond donors (Lipinski definition) is 1. The maximum Gasteiger partial charge on any atom is 0.141 e. The predicted octanol–water partition coefficient (Wildman–Crippen LogP) is 3.24. The van der Waals surface area contributed by atoms with Gasteiger partial charge in [-0.25, -0.2) is 9.37 Å². The Morgan fingerprint density at radius 3 is 2.75 bits per heavy atom. The standard InChI is InChI=1S/C16H18FN3/c1-20(15-5-3-2-4-6-15)16-12(9-13(17)11-19-16)10-18-14-7-8-14/h2-6,9,11,14,18H,7-8,10H2,1H3. The van der Waals surface area contributed by atoms with Crippen molar-refractivity contribution in [1.82, 2.24) is 10.3 Å². The number of nitrogens with zero attached hydrogens (tertiary/aromatic N) is 2. The van der Waals surface area contributed by atoms with Gasteiger partial charge in [0.1, 0.15) is 11.6 Å². The molecule has 1 aromatic carbocycles. The first kappa shape index (κ1) is 13.1. The van der Waals surface area contributed by atoms with E-state index in [0.717, 1.165) is 17.1 Å². The van der Waals surface area contributed by atoms with Gasteiger partial charge < -0.3 is 10.2 Å². The highest BCUT2D eigenvalue weighted by molar-refractivity contribution is 5.61. The number of rotatable bonds is 5. The van der Waals surface area contributed by atoms with Crippen molar-refractivity contribution in [2.75, 3.05) is 11.9 Å². The summed E-state index contributed by atoms with van der Waals surface area (Å²) in [4.78, 5) is 6.25. The highest BCUT2D eigenvalue weighted by Crippen LogP contribution is 2.26. The Kier molecular flexibility index (Phi) is 3.65. The summed E-state index contributed by atoms with van der Waals surface area (Å²) in [6.45, 7) is 0.655. The van der Waals surface area contributed by atoms with Gasteiger partial charge in [0.15, 0.2) is 0 Å². The van der Waals surface area contributed by atoms with Crippen molar-refractivity contribution in [3.8, 4) is 0 Å². The Balaban J connectivity index is 1.86. The summed E-state index contributed by atoms with van der Waals surface area (Å²) in [6.07, 6.45) is 3.70. The van der Waals surface area contributed by atoms with Gasteiger partial charge in [0, 0.05) is 30.9 Å². The van der Waals surface area contributed by atoms with Gasteiger partial charge in [-0.15, -0.1) is 0 Å². The van der Waals surface area contributed by atoms with Gasteiger partial charge in [0.2, 0.25) is 0 Å². The smallest absolute Gasteiger partial charge is 0.141 e. The van der Waals surface area contributed by atoms with Crippen LogP contribution in [0.2, 0.25) is 0 Å². The molecule has 0 radical (unpaired) electrons. The molecule has 4 heteroatoms. The number of aromatic nitrogens is 1. The molecule has 0 amide bonds. The van der Waals surface area contributed by atoms with Crippen LogP contribution in [0.3, 0.4) is 0 Å². The molecule has 0 saturated heterocycles. The van der Waals surface area contributed by atoms with Crippen LogP contribution in [-0.2, 0) is 6.54 Å². The molecule has 1 saturated carbocycles. The van der Waals surface area contributed by atoms with E-state index < -0.39 is 0 Å². The summed E-state index contributed by atoms with van der Waals surface area (Å²) in [6, 6.07) is 12.1. The lowest BCUT2D eigenvalue weighted by Gasteiger charge is -2.21. The molecular weight excluding hydrogens is 253 g/mol. The number of benzene rings is 1. The average Bonchev–Trinajstić information content (AvgIpc) is 3.30. The van der Waals surface area contributed by atoms with E-state index in [9.17, 15) is 4.39 Å². The molecule has 1 N–H and O–H groups in total. The average molecular weight is 271 g/mol. The van der Waals surface area contributed by atoms with Crippen LogP contribution >= 0.6 is 0 Å². The summed E-state index contributed by atoms with van der Waals surface area (Å²) >= 11 is 0. The summed E-state index contributed by atoms with van der Waals surface area (Å²) in [5, 5.41) is 3.41. The molecule has 0 aliphatic heterocycles. The molecule has 0 bridgehead atoms. The lowest BCUT2D eigenvalue weighted by Crippen LogP contribution is -2.20. The van der Waals surface area contributed by atoms with Crippen LogP contribution in [0, 0.1) is 5.82 Å². The first-order valence-corrected chi connectivity index (χ1v) is 6.90. The molecule has 0 spiro atoms. The van der Waals surface area contributed by atoms with E-state index in [0.29, 0.717) is 12.6 Å². The zero-order valence-corrected chi connectivity index (χ0v) is 11.5. The van der Waals surface area contributed by atoms with Crippen LogP contribution in [0.15, 0.2) is 42.6 Å². The summed E-state index contributed by atoms with van der Waals surface area (Å²) < 4.78 is 13.4. The third-order valence-electron chi connectivity index (χ3n) is 3.53. The number of anilines is 2. The Morgan fingerprint density at radius 2 is 2.05 bits per heavy atom. The molecule has 3 rings (SSSR count). The quantitative estimate of drug-likeness (QED) is 0.905.